The Morgan fingerprint density at radius 1 is 1.16 bits per heavy atom. The quantitative estimate of drug-likeness (QED) is 0.462. The summed E-state index contributed by atoms with van der Waals surface area (Å²) in [6, 6.07) is 3.83. The lowest BCUT2D eigenvalue weighted by Gasteiger charge is -2.13. The van der Waals surface area contributed by atoms with E-state index in [1.165, 1.54) is 17.2 Å². The van der Waals surface area contributed by atoms with Crippen molar-refractivity contribution in [3.8, 4) is 5.95 Å². The average molecular weight is 445 g/mol. The fourth-order valence-electron chi connectivity index (χ4n) is 2.99. The minimum Gasteiger partial charge on any atom is -0.333 e. The number of anilines is 2. The first-order chi connectivity index (χ1) is 14.9. The van der Waals surface area contributed by atoms with Crippen molar-refractivity contribution in [1.29, 1.82) is 0 Å². The minimum atomic E-state index is -3.52. The van der Waals surface area contributed by atoms with Crippen LogP contribution in [0.15, 0.2) is 43.1 Å². The van der Waals surface area contributed by atoms with Gasteiger partial charge in [-0.25, -0.2) is 41.8 Å². The number of aromatic nitrogens is 6. The number of benzene rings is 1. The molecule has 12 heteroatoms. The molecule has 0 saturated carbocycles. The second-order valence-electron chi connectivity index (χ2n) is 6.69. The Morgan fingerprint density at radius 3 is 2.74 bits per heavy atom. The van der Waals surface area contributed by atoms with E-state index in [0.29, 0.717) is 11.9 Å². The topological polar surface area (TPSA) is 116 Å². The van der Waals surface area contributed by atoms with Crippen LogP contribution in [0.4, 0.5) is 20.3 Å². The summed E-state index contributed by atoms with van der Waals surface area (Å²) in [7, 11) is -3.52. The molecule has 0 aliphatic heterocycles. The van der Waals surface area contributed by atoms with Crippen molar-refractivity contribution in [3.63, 3.8) is 0 Å². The smallest absolute Gasteiger partial charge is 0.251 e. The number of fused-ring (bicyclic) bond motifs is 1. The molecule has 1 N–H and O–H groups in total. The molecule has 3 heterocycles. The maximum atomic E-state index is 15.0. The number of hydrogen-bond acceptors (Lipinski definition) is 8. The number of halogens is 2. The lowest BCUT2D eigenvalue weighted by atomic mass is 10.2. The number of hydrogen-bond donors (Lipinski definition) is 1. The summed E-state index contributed by atoms with van der Waals surface area (Å²) in [6.07, 6.45) is 6.23. The summed E-state index contributed by atoms with van der Waals surface area (Å²) < 4.78 is 55.1. The van der Waals surface area contributed by atoms with Gasteiger partial charge in [0.2, 0.25) is 0 Å². The van der Waals surface area contributed by atoms with E-state index in [2.05, 4.69) is 30.4 Å². The average Bonchev–Trinajstić information content (AvgIpc) is 3.28. The predicted molar refractivity (Wildman–Crippen MR) is 110 cm³/mol. The van der Waals surface area contributed by atoms with Crippen LogP contribution in [0.5, 0.6) is 0 Å². The molecule has 4 aromatic rings. The Labute approximate surface area is 176 Å². The van der Waals surface area contributed by atoms with E-state index in [9.17, 15) is 12.8 Å². The third-order valence-corrected chi connectivity index (χ3v) is 6.16. The van der Waals surface area contributed by atoms with Gasteiger partial charge < -0.3 is 5.32 Å². The highest BCUT2D eigenvalue weighted by Crippen LogP contribution is 2.28. The molecule has 9 nitrogen and oxygen atoms in total. The first kappa shape index (κ1) is 20.7. The van der Waals surface area contributed by atoms with Gasteiger partial charge in [-0.2, -0.15) is 5.10 Å². The van der Waals surface area contributed by atoms with E-state index in [1.807, 2.05) is 0 Å². The van der Waals surface area contributed by atoms with Gasteiger partial charge in [-0.1, -0.05) is 13.0 Å². The Morgan fingerprint density at radius 2 is 2.00 bits per heavy atom. The molecule has 0 unspecified atom stereocenters. The Kier molecular flexibility index (Phi) is 5.55. The van der Waals surface area contributed by atoms with E-state index in [4.69, 9.17) is 0 Å². The van der Waals surface area contributed by atoms with Crippen molar-refractivity contribution in [3.05, 3.63) is 60.3 Å². The van der Waals surface area contributed by atoms with E-state index >= 15 is 4.39 Å². The SMILES string of the molecule is CCCS(=O)(=O)Cc1ccc(F)c(Nc2ncnc3cnc(-n4cccn4)nc23)c1F. The number of nitrogens with one attached hydrogen (secondary N) is 1. The van der Waals surface area contributed by atoms with Gasteiger partial charge in [0.25, 0.3) is 5.95 Å². The summed E-state index contributed by atoms with van der Waals surface area (Å²) in [6.45, 7) is 1.71. The van der Waals surface area contributed by atoms with Gasteiger partial charge in [-0.3, -0.25) is 0 Å². The summed E-state index contributed by atoms with van der Waals surface area (Å²) in [5, 5.41) is 6.65. The van der Waals surface area contributed by atoms with Gasteiger partial charge >= 0.3 is 0 Å². The zero-order chi connectivity index (χ0) is 22.0. The monoisotopic (exact) mass is 445 g/mol. The zero-order valence-electron chi connectivity index (χ0n) is 16.3. The fourth-order valence-corrected chi connectivity index (χ4v) is 4.46. The molecular weight excluding hydrogens is 428 g/mol. The normalized spacial score (nSPS) is 11.7. The highest BCUT2D eigenvalue weighted by Gasteiger charge is 2.20. The maximum absolute atomic E-state index is 15.0. The summed E-state index contributed by atoms with van der Waals surface area (Å²) in [4.78, 5) is 16.6. The first-order valence-electron chi connectivity index (χ1n) is 9.30. The maximum Gasteiger partial charge on any atom is 0.251 e. The highest BCUT2D eigenvalue weighted by molar-refractivity contribution is 7.90. The molecule has 0 spiro atoms. The Balaban J connectivity index is 1.75. The van der Waals surface area contributed by atoms with Crippen LogP contribution in [0.1, 0.15) is 18.9 Å². The van der Waals surface area contributed by atoms with E-state index < -0.39 is 32.9 Å². The van der Waals surface area contributed by atoms with E-state index in [-0.39, 0.29) is 28.6 Å². The highest BCUT2D eigenvalue weighted by atomic mass is 32.2. The van der Waals surface area contributed by atoms with Crippen LogP contribution in [0.25, 0.3) is 17.0 Å². The van der Waals surface area contributed by atoms with E-state index in [0.717, 1.165) is 12.1 Å². The molecule has 4 rings (SSSR count). The number of nitrogens with zero attached hydrogens (tertiary/aromatic N) is 6. The first-order valence-corrected chi connectivity index (χ1v) is 11.1. The van der Waals surface area contributed by atoms with Gasteiger partial charge in [-0.15, -0.1) is 0 Å². The molecule has 0 amide bonds. The van der Waals surface area contributed by atoms with Gasteiger partial charge in [0.1, 0.15) is 28.9 Å². The molecule has 31 heavy (non-hydrogen) atoms. The van der Waals surface area contributed by atoms with Crippen LogP contribution in [0.2, 0.25) is 0 Å². The zero-order valence-corrected chi connectivity index (χ0v) is 17.1. The Bertz CT molecular complexity index is 1350. The molecule has 160 valence electrons. The molecule has 1 aromatic carbocycles. The van der Waals surface area contributed by atoms with Crippen LogP contribution in [-0.4, -0.2) is 43.9 Å². The number of sulfone groups is 1. The molecule has 0 saturated heterocycles. The predicted octanol–water partition coefficient (Wildman–Crippen LogP) is 2.95. The lowest BCUT2D eigenvalue weighted by Crippen LogP contribution is -2.11. The number of rotatable bonds is 7. The second kappa shape index (κ2) is 8.30. The molecule has 0 bridgehead atoms. The lowest BCUT2D eigenvalue weighted by molar-refractivity contribution is 0.574. The van der Waals surface area contributed by atoms with Crippen molar-refractivity contribution >= 4 is 32.4 Å². The van der Waals surface area contributed by atoms with Crippen LogP contribution in [0, 0.1) is 11.6 Å². The van der Waals surface area contributed by atoms with Crippen molar-refractivity contribution in [1.82, 2.24) is 29.7 Å². The van der Waals surface area contributed by atoms with Crippen molar-refractivity contribution < 1.29 is 17.2 Å². The van der Waals surface area contributed by atoms with Crippen molar-refractivity contribution in [2.24, 2.45) is 0 Å². The fraction of sp³-hybridized carbons (Fsp3) is 0.211. The van der Waals surface area contributed by atoms with Gasteiger partial charge in [0.05, 0.1) is 17.7 Å². The summed E-state index contributed by atoms with van der Waals surface area (Å²) in [5.41, 5.74) is -0.104. The van der Waals surface area contributed by atoms with Gasteiger partial charge in [0.15, 0.2) is 21.5 Å². The largest absolute Gasteiger partial charge is 0.333 e. The second-order valence-corrected chi connectivity index (χ2v) is 8.87. The molecular formula is C19H17F2N7O2S. The third kappa shape index (κ3) is 4.33. The van der Waals surface area contributed by atoms with Gasteiger partial charge in [0, 0.05) is 18.0 Å². The Hall–Kier alpha value is -3.54. The molecule has 0 radical (unpaired) electrons. The van der Waals surface area contributed by atoms with Crippen LogP contribution in [0.3, 0.4) is 0 Å². The standard InChI is InChI=1S/C19H17F2N7O2S/c1-2-8-31(29,30)10-12-4-5-13(20)16(15(12)21)26-18-17-14(23-11-24-18)9-22-19(27-17)28-7-3-6-25-28/h3-7,9,11H,2,8,10H2,1H3,(H,23,24,26). The van der Waals surface area contributed by atoms with E-state index in [1.54, 1.807) is 25.4 Å². The summed E-state index contributed by atoms with van der Waals surface area (Å²) >= 11 is 0. The summed E-state index contributed by atoms with van der Waals surface area (Å²) in [5.74, 6) is -2.27. The molecule has 0 atom stereocenters. The van der Waals surface area contributed by atoms with Crippen molar-refractivity contribution in [2.75, 3.05) is 11.1 Å². The van der Waals surface area contributed by atoms with Crippen LogP contribution >= 0.6 is 0 Å². The molecule has 0 aliphatic carbocycles. The van der Waals surface area contributed by atoms with Crippen LogP contribution in [-0.2, 0) is 15.6 Å². The minimum absolute atomic E-state index is 0.0344. The van der Waals surface area contributed by atoms with Gasteiger partial charge in [-0.05, 0) is 18.6 Å². The molecule has 3 aromatic heterocycles. The third-order valence-electron chi connectivity index (χ3n) is 4.38. The van der Waals surface area contributed by atoms with Crippen molar-refractivity contribution in [2.45, 2.75) is 19.1 Å². The van der Waals surface area contributed by atoms with Crippen LogP contribution < -0.4 is 5.32 Å². The molecule has 0 fully saturated rings. The molecule has 0 aliphatic rings.